The van der Waals surface area contributed by atoms with E-state index in [4.69, 9.17) is 15.5 Å². The van der Waals surface area contributed by atoms with Crippen molar-refractivity contribution in [1.82, 2.24) is 14.4 Å². The van der Waals surface area contributed by atoms with Gasteiger partial charge in [0.05, 0.1) is 47.6 Å². The Bertz CT molecular complexity index is 1110. The fraction of sp³-hybridized carbons (Fsp3) is 0.222. The van der Waals surface area contributed by atoms with Crippen molar-refractivity contribution in [2.24, 2.45) is 10.8 Å². The summed E-state index contributed by atoms with van der Waals surface area (Å²) in [6.07, 6.45) is 0. The molecule has 1 aromatic carbocycles. The molecular weight excluding hydrogens is 370 g/mol. The first kappa shape index (κ1) is 17.1. The third-order valence-electron chi connectivity index (χ3n) is 4.51. The first-order valence-corrected chi connectivity index (χ1v) is 9.13. The van der Waals surface area contributed by atoms with Gasteiger partial charge in [-0.1, -0.05) is 0 Å². The molecule has 1 saturated heterocycles. The van der Waals surface area contributed by atoms with Gasteiger partial charge in [-0.15, -0.1) is 23.7 Å². The quantitative estimate of drug-likeness (QED) is 0.424. The Morgan fingerprint density at radius 3 is 2.81 bits per heavy atom. The molecule has 5 rings (SSSR count). The lowest BCUT2D eigenvalue weighted by atomic mass is 10.2. The molecule has 0 amide bonds. The summed E-state index contributed by atoms with van der Waals surface area (Å²) in [6, 6.07) is 12.4. The summed E-state index contributed by atoms with van der Waals surface area (Å²) in [5.74, 6) is 0.515. The molecule has 0 unspecified atom stereocenters. The van der Waals surface area contributed by atoms with Gasteiger partial charge >= 0.3 is 0 Å². The second-order valence-electron chi connectivity index (χ2n) is 6.06. The number of aromatic nitrogens is 2. The Kier molecular flexibility index (Phi) is 4.44. The Hall–Kier alpha value is -2.35. The first-order chi connectivity index (χ1) is 12.3. The molecule has 3 aromatic heterocycles. The van der Waals surface area contributed by atoms with E-state index in [1.165, 1.54) is 10.2 Å². The van der Waals surface area contributed by atoms with Gasteiger partial charge < -0.3 is 10.5 Å². The highest BCUT2D eigenvalue weighted by molar-refractivity contribution is 7.17. The lowest BCUT2D eigenvalue weighted by Gasteiger charge is -2.24. The van der Waals surface area contributed by atoms with Crippen molar-refractivity contribution in [2.75, 3.05) is 26.3 Å². The van der Waals surface area contributed by atoms with Crippen LogP contribution in [0, 0.1) is 0 Å². The standard InChI is InChI=1S/C18H17N5OS.ClH/c19-18(21-22-6-8-24-9-7-22)12-1-2-14-13(11-12)20-17-4-3-16-15(23(14)17)5-10-25-16;/h1-5,10-11H,6-9H2,(H2,19,21);1H. The summed E-state index contributed by atoms with van der Waals surface area (Å²) in [5.41, 5.74) is 11.3. The molecule has 4 heterocycles. The van der Waals surface area contributed by atoms with E-state index in [1.54, 1.807) is 11.3 Å². The fourth-order valence-electron chi connectivity index (χ4n) is 3.26. The lowest BCUT2D eigenvalue weighted by Crippen LogP contribution is -2.34. The molecule has 0 bridgehead atoms. The zero-order valence-corrected chi connectivity index (χ0v) is 15.6. The molecule has 6 nitrogen and oxygen atoms in total. The van der Waals surface area contributed by atoms with E-state index in [1.807, 2.05) is 17.1 Å². The summed E-state index contributed by atoms with van der Waals surface area (Å²) in [6.45, 7) is 2.93. The number of nitrogens with two attached hydrogens (primary N) is 1. The molecule has 0 aliphatic carbocycles. The Labute approximate surface area is 160 Å². The average Bonchev–Trinajstić information content (AvgIpc) is 3.25. The van der Waals surface area contributed by atoms with Gasteiger partial charge in [-0.2, -0.15) is 5.10 Å². The third-order valence-corrected chi connectivity index (χ3v) is 5.38. The normalized spacial score (nSPS) is 15.7. The van der Waals surface area contributed by atoms with E-state index >= 15 is 0 Å². The number of rotatable bonds is 2. The molecule has 0 saturated carbocycles. The molecule has 8 heteroatoms. The minimum absolute atomic E-state index is 0. The van der Waals surface area contributed by atoms with E-state index in [-0.39, 0.29) is 12.4 Å². The van der Waals surface area contributed by atoms with Crippen molar-refractivity contribution in [3.05, 3.63) is 47.3 Å². The van der Waals surface area contributed by atoms with Gasteiger partial charge in [0, 0.05) is 5.56 Å². The number of hydrazone groups is 1. The molecule has 0 atom stereocenters. The van der Waals surface area contributed by atoms with E-state index in [2.05, 4.69) is 39.1 Å². The molecule has 26 heavy (non-hydrogen) atoms. The minimum atomic E-state index is 0. The Balaban J connectivity index is 0.00000168. The minimum Gasteiger partial charge on any atom is -0.382 e. The number of benzene rings is 1. The number of halogens is 1. The molecule has 1 aliphatic rings. The van der Waals surface area contributed by atoms with Gasteiger partial charge in [0.25, 0.3) is 0 Å². The summed E-state index contributed by atoms with van der Waals surface area (Å²) in [5, 5.41) is 8.59. The number of ether oxygens (including phenoxy) is 1. The van der Waals surface area contributed by atoms with Crippen LogP contribution in [0.15, 0.2) is 46.9 Å². The second-order valence-corrected chi connectivity index (χ2v) is 7.01. The Morgan fingerprint density at radius 2 is 1.96 bits per heavy atom. The van der Waals surface area contributed by atoms with E-state index < -0.39 is 0 Å². The number of amidine groups is 1. The van der Waals surface area contributed by atoms with Crippen molar-refractivity contribution < 1.29 is 4.74 Å². The highest BCUT2D eigenvalue weighted by atomic mass is 35.5. The number of thiophene rings is 1. The Morgan fingerprint density at radius 1 is 1.12 bits per heavy atom. The maximum atomic E-state index is 6.22. The summed E-state index contributed by atoms with van der Waals surface area (Å²) in [4.78, 5) is 4.76. The smallest absolute Gasteiger partial charge is 0.150 e. The van der Waals surface area contributed by atoms with Gasteiger partial charge in [0.2, 0.25) is 0 Å². The number of hydrogen-bond donors (Lipinski definition) is 1. The average molecular weight is 388 g/mol. The molecule has 134 valence electrons. The summed E-state index contributed by atoms with van der Waals surface area (Å²) < 4.78 is 8.79. The van der Waals surface area contributed by atoms with Crippen LogP contribution in [0.1, 0.15) is 5.56 Å². The van der Waals surface area contributed by atoms with Crippen molar-refractivity contribution in [1.29, 1.82) is 0 Å². The van der Waals surface area contributed by atoms with E-state index in [9.17, 15) is 0 Å². The van der Waals surface area contributed by atoms with Crippen LogP contribution in [0.4, 0.5) is 0 Å². The number of pyridine rings is 1. The van der Waals surface area contributed by atoms with Gasteiger partial charge in [0.15, 0.2) is 5.84 Å². The zero-order chi connectivity index (χ0) is 16.8. The second kappa shape index (κ2) is 6.75. The van der Waals surface area contributed by atoms with Crippen LogP contribution in [0.25, 0.3) is 26.9 Å². The summed E-state index contributed by atoms with van der Waals surface area (Å²) in [7, 11) is 0. The molecule has 4 aromatic rings. The molecule has 0 spiro atoms. The fourth-order valence-corrected chi connectivity index (χ4v) is 4.03. The number of fused-ring (bicyclic) bond motifs is 5. The number of morpholine rings is 1. The van der Waals surface area contributed by atoms with E-state index in [0.29, 0.717) is 19.0 Å². The maximum Gasteiger partial charge on any atom is 0.150 e. The van der Waals surface area contributed by atoms with Gasteiger partial charge in [-0.25, -0.2) is 4.98 Å². The maximum absolute atomic E-state index is 6.22. The zero-order valence-electron chi connectivity index (χ0n) is 14.0. The van der Waals surface area contributed by atoms with Crippen LogP contribution < -0.4 is 5.73 Å². The van der Waals surface area contributed by atoms with Gasteiger partial charge in [0.1, 0.15) is 5.65 Å². The molecule has 0 radical (unpaired) electrons. The van der Waals surface area contributed by atoms with Crippen LogP contribution in [0.2, 0.25) is 0 Å². The highest BCUT2D eigenvalue weighted by Crippen LogP contribution is 2.27. The lowest BCUT2D eigenvalue weighted by molar-refractivity contribution is 0.0393. The van der Waals surface area contributed by atoms with Gasteiger partial charge in [-0.05, 0) is 41.8 Å². The van der Waals surface area contributed by atoms with Gasteiger partial charge in [-0.3, -0.25) is 9.41 Å². The van der Waals surface area contributed by atoms with Crippen LogP contribution in [0.3, 0.4) is 0 Å². The molecule has 1 aliphatic heterocycles. The van der Waals surface area contributed by atoms with Crippen molar-refractivity contribution >= 4 is 56.5 Å². The van der Waals surface area contributed by atoms with Crippen LogP contribution >= 0.6 is 23.7 Å². The summed E-state index contributed by atoms with van der Waals surface area (Å²) >= 11 is 1.74. The molecule has 1 fully saturated rings. The van der Waals surface area contributed by atoms with Crippen LogP contribution in [-0.4, -0.2) is 46.5 Å². The van der Waals surface area contributed by atoms with E-state index in [0.717, 1.165) is 35.3 Å². The highest BCUT2D eigenvalue weighted by Gasteiger charge is 2.12. The van der Waals surface area contributed by atoms with Crippen LogP contribution in [0.5, 0.6) is 0 Å². The predicted octanol–water partition coefficient (Wildman–Crippen LogP) is 3.08. The molecular formula is C18H18ClN5OS. The largest absolute Gasteiger partial charge is 0.382 e. The monoisotopic (exact) mass is 387 g/mol. The number of nitrogens with zero attached hydrogens (tertiary/aromatic N) is 4. The van der Waals surface area contributed by atoms with Crippen molar-refractivity contribution in [3.8, 4) is 0 Å². The topological polar surface area (TPSA) is 68.1 Å². The SMILES string of the molecule is Cl.N/C(=N\N1CCOCC1)c1ccc2c(c1)nc1ccc3sccc3n12. The van der Waals surface area contributed by atoms with Crippen LogP contribution in [-0.2, 0) is 4.74 Å². The third kappa shape index (κ3) is 2.78. The number of imidazole rings is 1. The van der Waals surface area contributed by atoms with Crippen molar-refractivity contribution in [3.63, 3.8) is 0 Å². The first-order valence-electron chi connectivity index (χ1n) is 8.25. The predicted molar refractivity (Wildman–Crippen MR) is 108 cm³/mol. The van der Waals surface area contributed by atoms with Crippen molar-refractivity contribution in [2.45, 2.75) is 0 Å². The number of hydrogen-bond acceptors (Lipinski definition) is 5. The molecule has 2 N–H and O–H groups in total.